The fourth-order valence-electron chi connectivity index (χ4n) is 3.28. The fourth-order valence-corrected chi connectivity index (χ4v) is 3.28. The second-order valence-corrected chi connectivity index (χ2v) is 5.73. The smallest absolute Gasteiger partial charge is 0.144 e. The summed E-state index contributed by atoms with van der Waals surface area (Å²) in [7, 11) is 0. The summed E-state index contributed by atoms with van der Waals surface area (Å²) in [4.78, 5) is 4.64. The van der Waals surface area contributed by atoms with E-state index in [1.54, 1.807) is 0 Å². The zero-order chi connectivity index (χ0) is 13.3. The van der Waals surface area contributed by atoms with E-state index in [0.29, 0.717) is 11.4 Å². The quantitative estimate of drug-likeness (QED) is 0.870. The summed E-state index contributed by atoms with van der Waals surface area (Å²) < 4.78 is 0. The van der Waals surface area contributed by atoms with Gasteiger partial charge in [0, 0.05) is 5.69 Å². The number of nitrogens with zero attached hydrogens (tertiary/aromatic N) is 2. The van der Waals surface area contributed by atoms with E-state index in [-0.39, 0.29) is 12.1 Å². The molecule has 0 radical (unpaired) electrons. The Morgan fingerprint density at radius 1 is 1.32 bits per heavy atom. The van der Waals surface area contributed by atoms with Gasteiger partial charge >= 0.3 is 0 Å². The number of pyridine rings is 1. The molecule has 4 heteroatoms. The van der Waals surface area contributed by atoms with Crippen LogP contribution in [0.1, 0.15) is 48.9 Å². The van der Waals surface area contributed by atoms with Crippen LogP contribution in [0.3, 0.4) is 0 Å². The van der Waals surface area contributed by atoms with Crippen LogP contribution in [0.25, 0.3) is 0 Å². The molecule has 19 heavy (non-hydrogen) atoms. The molecule has 3 rings (SSSR count). The lowest BCUT2D eigenvalue weighted by molar-refractivity contribution is 0.214. The zero-order valence-electron chi connectivity index (χ0n) is 11.1. The molecule has 1 aromatic rings. The highest BCUT2D eigenvalue weighted by atomic mass is 16.3. The molecule has 0 unspecified atom stereocenters. The summed E-state index contributed by atoms with van der Waals surface area (Å²) in [5, 5.41) is 22.3. The van der Waals surface area contributed by atoms with Crippen molar-refractivity contribution in [2.45, 2.75) is 50.5 Å². The van der Waals surface area contributed by atoms with Gasteiger partial charge in [-0.05, 0) is 43.7 Å². The number of rotatable bonds is 3. The first-order valence-electron chi connectivity index (χ1n) is 7.08. The SMILES string of the molecule is N#Cc1cc2c(nc1NC1(CO)CCCC1)CCC2. The van der Waals surface area contributed by atoms with Crippen LogP contribution < -0.4 is 5.32 Å². The number of nitrogens with one attached hydrogen (secondary N) is 1. The van der Waals surface area contributed by atoms with Gasteiger partial charge in [0.15, 0.2) is 0 Å². The van der Waals surface area contributed by atoms with E-state index in [0.717, 1.165) is 50.6 Å². The standard InChI is InChI=1S/C15H19N3O/c16-9-12-8-11-4-3-5-13(11)17-14(12)18-15(10-19)6-1-2-7-15/h8,19H,1-7,10H2,(H,17,18). The van der Waals surface area contributed by atoms with Gasteiger partial charge in [0.2, 0.25) is 0 Å². The maximum Gasteiger partial charge on any atom is 0.144 e. The van der Waals surface area contributed by atoms with Crippen molar-refractivity contribution >= 4 is 5.82 Å². The lowest BCUT2D eigenvalue weighted by Crippen LogP contribution is -2.39. The Morgan fingerprint density at radius 3 is 2.79 bits per heavy atom. The van der Waals surface area contributed by atoms with Gasteiger partial charge in [0.25, 0.3) is 0 Å². The summed E-state index contributed by atoms with van der Waals surface area (Å²) in [5.74, 6) is 0.666. The number of hydrogen-bond donors (Lipinski definition) is 2. The van der Waals surface area contributed by atoms with Crippen LogP contribution >= 0.6 is 0 Å². The molecule has 2 aliphatic carbocycles. The first kappa shape index (κ1) is 12.4. The van der Waals surface area contributed by atoms with E-state index in [2.05, 4.69) is 16.4 Å². The van der Waals surface area contributed by atoms with Crippen molar-refractivity contribution < 1.29 is 5.11 Å². The average molecular weight is 257 g/mol. The summed E-state index contributed by atoms with van der Waals surface area (Å²) in [6.07, 6.45) is 7.31. The van der Waals surface area contributed by atoms with Crippen molar-refractivity contribution in [1.82, 2.24) is 4.98 Å². The lowest BCUT2D eigenvalue weighted by atomic mass is 9.98. The zero-order valence-corrected chi connectivity index (χ0v) is 11.1. The summed E-state index contributed by atoms with van der Waals surface area (Å²) in [6.45, 7) is 0.108. The van der Waals surface area contributed by atoms with E-state index < -0.39 is 0 Å². The molecular formula is C15H19N3O. The Labute approximate surface area is 113 Å². The highest BCUT2D eigenvalue weighted by Gasteiger charge is 2.34. The first-order valence-corrected chi connectivity index (χ1v) is 7.08. The molecule has 0 saturated heterocycles. The van der Waals surface area contributed by atoms with Gasteiger partial charge in [-0.2, -0.15) is 5.26 Å². The van der Waals surface area contributed by atoms with Crippen molar-refractivity contribution in [3.8, 4) is 6.07 Å². The first-order chi connectivity index (χ1) is 9.26. The van der Waals surface area contributed by atoms with Crippen LogP contribution in [0.15, 0.2) is 6.07 Å². The van der Waals surface area contributed by atoms with Crippen molar-refractivity contribution in [3.05, 3.63) is 22.9 Å². The van der Waals surface area contributed by atoms with Crippen molar-refractivity contribution in [1.29, 1.82) is 5.26 Å². The predicted octanol–water partition coefficient (Wildman–Crippen LogP) is 2.16. The van der Waals surface area contributed by atoms with Gasteiger partial charge < -0.3 is 10.4 Å². The second-order valence-electron chi connectivity index (χ2n) is 5.73. The number of aromatic nitrogens is 1. The van der Waals surface area contributed by atoms with E-state index in [1.165, 1.54) is 5.56 Å². The number of anilines is 1. The molecule has 0 aromatic carbocycles. The van der Waals surface area contributed by atoms with Gasteiger partial charge in [-0.15, -0.1) is 0 Å². The maximum absolute atomic E-state index is 9.66. The normalized spacial score (nSPS) is 20.0. The van der Waals surface area contributed by atoms with Crippen LogP contribution in [0.4, 0.5) is 5.82 Å². The van der Waals surface area contributed by atoms with E-state index in [9.17, 15) is 10.4 Å². The van der Waals surface area contributed by atoms with Crippen LogP contribution in [-0.4, -0.2) is 22.2 Å². The largest absolute Gasteiger partial charge is 0.394 e. The minimum atomic E-state index is -0.272. The molecule has 0 spiro atoms. The molecule has 1 aromatic heterocycles. The van der Waals surface area contributed by atoms with Crippen LogP contribution in [0.2, 0.25) is 0 Å². The molecule has 0 bridgehead atoms. The van der Waals surface area contributed by atoms with Crippen LogP contribution in [-0.2, 0) is 12.8 Å². The Balaban J connectivity index is 1.94. The molecule has 1 saturated carbocycles. The third kappa shape index (κ3) is 2.19. The third-order valence-corrected chi connectivity index (χ3v) is 4.42. The van der Waals surface area contributed by atoms with E-state index in [1.807, 2.05) is 6.07 Å². The van der Waals surface area contributed by atoms with Crippen molar-refractivity contribution in [2.75, 3.05) is 11.9 Å². The molecule has 2 N–H and O–H groups in total. The van der Waals surface area contributed by atoms with Gasteiger partial charge in [-0.25, -0.2) is 4.98 Å². The molecule has 1 heterocycles. The van der Waals surface area contributed by atoms with Gasteiger partial charge in [0.05, 0.1) is 17.7 Å². The number of hydrogen-bond acceptors (Lipinski definition) is 4. The molecule has 0 atom stereocenters. The number of fused-ring (bicyclic) bond motifs is 1. The molecule has 4 nitrogen and oxygen atoms in total. The summed E-state index contributed by atoms with van der Waals surface area (Å²) in [6, 6.07) is 4.20. The average Bonchev–Trinajstić information content (AvgIpc) is 3.07. The maximum atomic E-state index is 9.66. The number of nitriles is 1. The Bertz CT molecular complexity index is 527. The molecule has 1 fully saturated rings. The Morgan fingerprint density at radius 2 is 2.11 bits per heavy atom. The van der Waals surface area contributed by atoms with Gasteiger partial charge in [0.1, 0.15) is 11.9 Å². The highest BCUT2D eigenvalue weighted by molar-refractivity contribution is 5.56. The van der Waals surface area contributed by atoms with Crippen LogP contribution in [0.5, 0.6) is 0 Å². The highest BCUT2D eigenvalue weighted by Crippen LogP contribution is 2.34. The Kier molecular flexibility index (Phi) is 3.16. The van der Waals surface area contributed by atoms with Crippen LogP contribution in [0, 0.1) is 11.3 Å². The third-order valence-electron chi connectivity index (χ3n) is 4.42. The number of aryl methyl sites for hydroxylation is 2. The molecule has 0 amide bonds. The molecule has 100 valence electrons. The monoisotopic (exact) mass is 257 g/mol. The summed E-state index contributed by atoms with van der Waals surface area (Å²) >= 11 is 0. The van der Waals surface area contributed by atoms with E-state index >= 15 is 0 Å². The summed E-state index contributed by atoms with van der Waals surface area (Å²) in [5.41, 5.74) is 2.67. The number of aliphatic hydroxyl groups is 1. The molecular weight excluding hydrogens is 238 g/mol. The predicted molar refractivity (Wildman–Crippen MR) is 72.9 cm³/mol. The fraction of sp³-hybridized carbons (Fsp3) is 0.600. The van der Waals surface area contributed by atoms with Crippen molar-refractivity contribution in [3.63, 3.8) is 0 Å². The minimum Gasteiger partial charge on any atom is -0.394 e. The lowest BCUT2D eigenvalue weighted by Gasteiger charge is -2.29. The second kappa shape index (κ2) is 4.82. The van der Waals surface area contributed by atoms with Gasteiger partial charge in [-0.1, -0.05) is 12.8 Å². The minimum absolute atomic E-state index is 0.108. The topological polar surface area (TPSA) is 68.9 Å². The Hall–Kier alpha value is -1.60. The molecule has 0 aliphatic heterocycles. The van der Waals surface area contributed by atoms with E-state index in [4.69, 9.17) is 0 Å². The van der Waals surface area contributed by atoms with Gasteiger partial charge in [-0.3, -0.25) is 0 Å². The molecule has 2 aliphatic rings. The number of aliphatic hydroxyl groups excluding tert-OH is 1. The van der Waals surface area contributed by atoms with Crippen molar-refractivity contribution in [2.24, 2.45) is 0 Å².